The Morgan fingerprint density at radius 1 is 1.24 bits per heavy atom. The van der Waals surface area contributed by atoms with Gasteiger partial charge in [-0.25, -0.2) is 4.98 Å². The summed E-state index contributed by atoms with van der Waals surface area (Å²) < 4.78 is 5.96. The van der Waals surface area contributed by atoms with Crippen LogP contribution in [-0.2, 0) is 6.42 Å². The second-order valence-electron chi connectivity index (χ2n) is 5.33. The molecule has 0 aromatic carbocycles. The Kier molecular flexibility index (Phi) is 3.73. The molecule has 1 aliphatic carbocycles. The first-order valence-electron chi connectivity index (χ1n) is 7.40. The Morgan fingerprint density at radius 3 is 2.71 bits per heavy atom. The fraction of sp³-hybridized carbons (Fsp3) is 0.438. The summed E-state index contributed by atoms with van der Waals surface area (Å²) in [6.45, 7) is 4.06. The normalized spacial score (nSPS) is 14.0. The van der Waals surface area contributed by atoms with Gasteiger partial charge in [-0.05, 0) is 38.3 Å². The molecule has 0 bridgehead atoms. The van der Waals surface area contributed by atoms with Crippen LogP contribution in [0.5, 0.6) is 11.6 Å². The summed E-state index contributed by atoms with van der Waals surface area (Å²) in [5.41, 5.74) is 1.95. The summed E-state index contributed by atoms with van der Waals surface area (Å²) in [5, 5.41) is 3.07. The SMILES string of the molecule is CCc1nc(C)ccc1Oc1cc(NC)nc(C2CC2)n1. The third kappa shape index (κ3) is 3.12. The van der Waals surface area contributed by atoms with E-state index in [9.17, 15) is 0 Å². The minimum atomic E-state index is 0.488. The molecule has 3 rings (SSSR count). The van der Waals surface area contributed by atoms with Crippen LogP contribution in [0.15, 0.2) is 18.2 Å². The summed E-state index contributed by atoms with van der Waals surface area (Å²) in [5.74, 6) is 3.50. The van der Waals surface area contributed by atoms with Crippen molar-refractivity contribution in [1.29, 1.82) is 0 Å². The molecule has 1 saturated carbocycles. The summed E-state index contributed by atoms with van der Waals surface area (Å²) in [4.78, 5) is 13.5. The van der Waals surface area contributed by atoms with Gasteiger partial charge in [-0.1, -0.05) is 6.92 Å². The Balaban J connectivity index is 1.92. The van der Waals surface area contributed by atoms with Crippen molar-refractivity contribution in [3.05, 3.63) is 35.4 Å². The van der Waals surface area contributed by atoms with Crippen molar-refractivity contribution < 1.29 is 4.74 Å². The molecule has 0 radical (unpaired) electrons. The van der Waals surface area contributed by atoms with E-state index in [1.165, 1.54) is 12.8 Å². The number of nitrogens with one attached hydrogen (secondary N) is 1. The van der Waals surface area contributed by atoms with Gasteiger partial charge in [-0.2, -0.15) is 4.98 Å². The van der Waals surface area contributed by atoms with Gasteiger partial charge in [0.05, 0.1) is 5.69 Å². The van der Waals surface area contributed by atoms with E-state index in [4.69, 9.17) is 4.74 Å². The molecule has 21 heavy (non-hydrogen) atoms. The quantitative estimate of drug-likeness (QED) is 0.911. The van der Waals surface area contributed by atoms with Crippen LogP contribution in [0.3, 0.4) is 0 Å². The second-order valence-corrected chi connectivity index (χ2v) is 5.33. The number of nitrogens with zero attached hydrogens (tertiary/aromatic N) is 3. The Morgan fingerprint density at radius 2 is 2.05 bits per heavy atom. The molecule has 0 saturated heterocycles. The van der Waals surface area contributed by atoms with Gasteiger partial charge < -0.3 is 10.1 Å². The molecule has 0 spiro atoms. The van der Waals surface area contributed by atoms with Crippen LogP contribution in [-0.4, -0.2) is 22.0 Å². The van der Waals surface area contributed by atoms with Crippen molar-refractivity contribution >= 4 is 5.82 Å². The molecule has 5 heteroatoms. The highest BCUT2D eigenvalue weighted by Crippen LogP contribution is 2.39. The molecule has 5 nitrogen and oxygen atoms in total. The van der Waals surface area contributed by atoms with E-state index >= 15 is 0 Å². The van der Waals surface area contributed by atoms with E-state index < -0.39 is 0 Å². The van der Waals surface area contributed by atoms with E-state index in [1.54, 1.807) is 0 Å². The van der Waals surface area contributed by atoms with Crippen LogP contribution in [0.2, 0.25) is 0 Å². The number of pyridine rings is 1. The lowest BCUT2D eigenvalue weighted by molar-refractivity contribution is 0.450. The second kappa shape index (κ2) is 5.68. The zero-order chi connectivity index (χ0) is 14.8. The summed E-state index contributed by atoms with van der Waals surface area (Å²) in [6, 6.07) is 5.74. The van der Waals surface area contributed by atoms with E-state index in [1.807, 2.05) is 32.2 Å². The van der Waals surface area contributed by atoms with Crippen LogP contribution in [0.25, 0.3) is 0 Å². The van der Waals surface area contributed by atoms with Gasteiger partial charge in [0.25, 0.3) is 0 Å². The Hall–Kier alpha value is -2.17. The lowest BCUT2D eigenvalue weighted by Gasteiger charge is -2.11. The lowest BCUT2D eigenvalue weighted by atomic mass is 10.2. The molecule has 2 aromatic rings. The highest BCUT2D eigenvalue weighted by Gasteiger charge is 2.27. The van der Waals surface area contributed by atoms with Crippen LogP contribution in [0, 0.1) is 6.92 Å². The molecule has 0 amide bonds. The molecule has 0 atom stereocenters. The number of aromatic nitrogens is 3. The highest BCUT2D eigenvalue weighted by atomic mass is 16.5. The van der Waals surface area contributed by atoms with Gasteiger partial charge in [0.1, 0.15) is 11.6 Å². The van der Waals surface area contributed by atoms with Crippen molar-refractivity contribution in [3.8, 4) is 11.6 Å². The Bertz CT molecular complexity index is 653. The molecule has 110 valence electrons. The predicted octanol–water partition coefficient (Wildman–Crippen LogP) is 3.45. The molecule has 0 aliphatic heterocycles. The first-order valence-corrected chi connectivity index (χ1v) is 7.40. The van der Waals surface area contributed by atoms with Gasteiger partial charge in [0.2, 0.25) is 5.88 Å². The zero-order valence-corrected chi connectivity index (χ0v) is 12.7. The number of hydrogen-bond acceptors (Lipinski definition) is 5. The molecular formula is C16H20N4O. The summed E-state index contributed by atoms with van der Waals surface area (Å²) >= 11 is 0. The van der Waals surface area contributed by atoms with Crippen LogP contribution in [0.1, 0.15) is 42.9 Å². The largest absolute Gasteiger partial charge is 0.437 e. The zero-order valence-electron chi connectivity index (χ0n) is 12.7. The maximum absolute atomic E-state index is 5.96. The average Bonchev–Trinajstić information content (AvgIpc) is 3.33. The molecule has 1 aliphatic rings. The van der Waals surface area contributed by atoms with Crippen LogP contribution >= 0.6 is 0 Å². The van der Waals surface area contributed by atoms with Crippen LogP contribution < -0.4 is 10.1 Å². The van der Waals surface area contributed by atoms with E-state index in [0.29, 0.717) is 11.8 Å². The van der Waals surface area contributed by atoms with Crippen molar-refractivity contribution in [2.75, 3.05) is 12.4 Å². The molecule has 1 N–H and O–H groups in total. The number of ether oxygens (including phenoxy) is 1. The Labute approximate surface area is 124 Å². The molecular weight excluding hydrogens is 264 g/mol. The molecule has 2 heterocycles. The topological polar surface area (TPSA) is 59.9 Å². The van der Waals surface area contributed by atoms with Gasteiger partial charge in [0, 0.05) is 24.7 Å². The van der Waals surface area contributed by atoms with Crippen molar-refractivity contribution in [3.63, 3.8) is 0 Å². The van der Waals surface area contributed by atoms with E-state index in [-0.39, 0.29) is 0 Å². The number of anilines is 1. The lowest BCUT2D eigenvalue weighted by Crippen LogP contribution is -2.02. The third-order valence-corrected chi connectivity index (χ3v) is 3.54. The van der Waals surface area contributed by atoms with Crippen molar-refractivity contribution in [2.45, 2.75) is 39.0 Å². The van der Waals surface area contributed by atoms with Gasteiger partial charge >= 0.3 is 0 Å². The minimum absolute atomic E-state index is 0.488. The predicted molar refractivity (Wildman–Crippen MR) is 82.0 cm³/mol. The van der Waals surface area contributed by atoms with Crippen molar-refractivity contribution in [1.82, 2.24) is 15.0 Å². The maximum Gasteiger partial charge on any atom is 0.224 e. The first kappa shape index (κ1) is 13.8. The number of hydrogen-bond donors (Lipinski definition) is 1. The highest BCUT2D eigenvalue weighted by molar-refractivity contribution is 5.41. The van der Waals surface area contributed by atoms with Crippen LogP contribution in [0.4, 0.5) is 5.82 Å². The van der Waals surface area contributed by atoms with Crippen molar-refractivity contribution in [2.24, 2.45) is 0 Å². The van der Waals surface area contributed by atoms with Gasteiger partial charge in [-0.15, -0.1) is 0 Å². The smallest absolute Gasteiger partial charge is 0.224 e. The van der Waals surface area contributed by atoms with E-state index in [0.717, 1.165) is 35.2 Å². The van der Waals surface area contributed by atoms with Gasteiger partial charge in [0.15, 0.2) is 5.75 Å². The molecule has 2 aromatic heterocycles. The average molecular weight is 284 g/mol. The monoisotopic (exact) mass is 284 g/mol. The first-order chi connectivity index (χ1) is 10.2. The standard InChI is InChI=1S/C16H20N4O/c1-4-12-13(8-5-10(2)18-12)21-15-9-14(17-3)19-16(20-15)11-6-7-11/h5,8-9,11H,4,6-7H2,1-3H3,(H,17,19,20). The fourth-order valence-electron chi connectivity index (χ4n) is 2.20. The third-order valence-electron chi connectivity index (χ3n) is 3.54. The fourth-order valence-corrected chi connectivity index (χ4v) is 2.20. The maximum atomic E-state index is 5.96. The molecule has 0 unspecified atom stereocenters. The summed E-state index contributed by atoms with van der Waals surface area (Å²) in [6.07, 6.45) is 3.16. The molecule has 1 fully saturated rings. The van der Waals surface area contributed by atoms with Gasteiger partial charge in [-0.3, -0.25) is 4.98 Å². The number of rotatable bonds is 5. The minimum Gasteiger partial charge on any atom is -0.437 e. The van der Waals surface area contributed by atoms with E-state index in [2.05, 4.69) is 27.2 Å². The number of aryl methyl sites for hydroxylation is 2. The summed E-state index contributed by atoms with van der Waals surface area (Å²) in [7, 11) is 1.85.